The van der Waals surface area contributed by atoms with E-state index in [1.54, 1.807) is 6.07 Å². The molecule has 0 bridgehead atoms. The number of carbonyl (C=O) groups excluding carboxylic acids is 1. The van der Waals surface area contributed by atoms with Crippen LogP contribution in [0.25, 0.3) is 0 Å². The van der Waals surface area contributed by atoms with Crippen molar-refractivity contribution < 1.29 is 9.53 Å². The van der Waals surface area contributed by atoms with Crippen molar-refractivity contribution in [2.45, 2.75) is 20.0 Å². The fourth-order valence-corrected chi connectivity index (χ4v) is 3.36. The van der Waals surface area contributed by atoms with E-state index in [2.05, 4.69) is 5.32 Å². The maximum Gasteiger partial charge on any atom is 0.263 e. The van der Waals surface area contributed by atoms with Crippen molar-refractivity contribution in [2.24, 2.45) is 11.8 Å². The molecule has 2 fully saturated rings. The molecule has 0 spiro atoms. The number of carbonyl (C=O) groups is 1. The first-order valence-corrected chi connectivity index (χ1v) is 7.84. The molecule has 0 radical (unpaired) electrons. The maximum atomic E-state index is 12.5. The number of hydrogen-bond acceptors (Lipinski definition) is 3. The number of hydrogen-bond donors (Lipinski definition) is 1. The summed E-state index contributed by atoms with van der Waals surface area (Å²) in [6, 6.07) is 5.48. The lowest BCUT2D eigenvalue weighted by Crippen LogP contribution is -2.40. The summed E-state index contributed by atoms with van der Waals surface area (Å²) in [5.41, 5.74) is 0.954. The van der Waals surface area contributed by atoms with Gasteiger partial charge in [-0.2, -0.15) is 0 Å². The number of nitrogens with zero attached hydrogens (tertiary/aromatic N) is 1. The molecule has 4 nitrogen and oxygen atoms in total. The number of benzene rings is 1. The number of fused-ring (bicyclic) bond motifs is 1. The average Bonchev–Trinajstić information content (AvgIpc) is 3.03. The van der Waals surface area contributed by atoms with E-state index in [1.165, 1.54) is 0 Å². The number of amides is 1. The lowest BCUT2D eigenvalue weighted by molar-refractivity contribution is -0.137. The van der Waals surface area contributed by atoms with Gasteiger partial charge in [0.25, 0.3) is 5.91 Å². The van der Waals surface area contributed by atoms with Crippen LogP contribution in [-0.2, 0) is 4.79 Å². The molecule has 22 heavy (non-hydrogen) atoms. The van der Waals surface area contributed by atoms with Gasteiger partial charge in [-0.05, 0) is 49.4 Å². The van der Waals surface area contributed by atoms with Crippen LogP contribution in [-0.4, -0.2) is 43.1 Å². The predicted molar refractivity (Wildman–Crippen MR) is 90.0 cm³/mol. The summed E-state index contributed by atoms with van der Waals surface area (Å²) in [6.07, 6.45) is -0.461. The van der Waals surface area contributed by atoms with Gasteiger partial charge in [0, 0.05) is 31.2 Å². The highest BCUT2D eigenvalue weighted by molar-refractivity contribution is 6.31. The first kappa shape index (κ1) is 17.4. The van der Waals surface area contributed by atoms with Crippen molar-refractivity contribution in [2.75, 3.05) is 26.2 Å². The minimum absolute atomic E-state index is 0. The molecule has 3 rings (SSSR count). The van der Waals surface area contributed by atoms with Crippen LogP contribution in [0.5, 0.6) is 5.75 Å². The van der Waals surface area contributed by atoms with Gasteiger partial charge in [0.2, 0.25) is 0 Å². The monoisotopic (exact) mass is 344 g/mol. The summed E-state index contributed by atoms with van der Waals surface area (Å²) in [7, 11) is 0. The summed E-state index contributed by atoms with van der Waals surface area (Å²) < 4.78 is 5.78. The average molecular weight is 345 g/mol. The van der Waals surface area contributed by atoms with Crippen LogP contribution in [0.15, 0.2) is 18.2 Å². The highest BCUT2D eigenvalue weighted by Crippen LogP contribution is 2.27. The Hall–Kier alpha value is -0.970. The summed E-state index contributed by atoms with van der Waals surface area (Å²) in [5.74, 6) is 1.99. The van der Waals surface area contributed by atoms with Crippen LogP contribution in [0.2, 0.25) is 5.02 Å². The second-order valence-corrected chi connectivity index (χ2v) is 6.50. The Morgan fingerprint density at radius 1 is 1.36 bits per heavy atom. The smallest absolute Gasteiger partial charge is 0.263 e. The largest absolute Gasteiger partial charge is 0.481 e. The molecule has 122 valence electrons. The molecule has 2 saturated heterocycles. The van der Waals surface area contributed by atoms with Crippen LogP contribution in [0.1, 0.15) is 12.5 Å². The number of likely N-dealkylation sites (tertiary alicyclic amines) is 1. The topological polar surface area (TPSA) is 41.6 Å². The maximum absolute atomic E-state index is 12.5. The van der Waals surface area contributed by atoms with E-state index in [9.17, 15) is 4.79 Å². The lowest BCUT2D eigenvalue weighted by Gasteiger charge is -2.22. The van der Waals surface area contributed by atoms with Crippen molar-refractivity contribution in [3.8, 4) is 5.75 Å². The molecular formula is C16H22Cl2N2O2. The van der Waals surface area contributed by atoms with Crippen molar-refractivity contribution >= 4 is 29.9 Å². The zero-order chi connectivity index (χ0) is 15.0. The second-order valence-electron chi connectivity index (χ2n) is 6.09. The van der Waals surface area contributed by atoms with Crippen LogP contribution < -0.4 is 10.1 Å². The highest BCUT2D eigenvalue weighted by atomic mass is 35.5. The summed E-state index contributed by atoms with van der Waals surface area (Å²) in [4.78, 5) is 14.4. The van der Waals surface area contributed by atoms with Gasteiger partial charge in [-0.25, -0.2) is 0 Å². The molecule has 1 unspecified atom stereocenters. The van der Waals surface area contributed by atoms with Gasteiger partial charge in [0.1, 0.15) is 5.75 Å². The molecule has 0 aliphatic carbocycles. The summed E-state index contributed by atoms with van der Waals surface area (Å²) in [5, 5.41) is 4.09. The SMILES string of the molecule is Cc1cc(OC(C)C(=O)N2C[C@H]3CNC[C@H]3C2)ccc1Cl.Cl. The molecule has 1 amide bonds. The predicted octanol–water partition coefficient (Wildman–Crippen LogP) is 2.52. The third-order valence-electron chi connectivity index (χ3n) is 4.49. The van der Waals surface area contributed by atoms with E-state index >= 15 is 0 Å². The molecule has 1 aromatic carbocycles. The number of aryl methyl sites for hydroxylation is 1. The Bertz CT molecular complexity index is 541. The van der Waals surface area contributed by atoms with E-state index in [-0.39, 0.29) is 18.3 Å². The fourth-order valence-electron chi connectivity index (χ4n) is 3.24. The normalized spacial score (nSPS) is 24.6. The Morgan fingerprint density at radius 2 is 2.00 bits per heavy atom. The van der Waals surface area contributed by atoms with E-state index in [0.29, 0.717) is 22.6 Å². The molecule has 0 saturated carbocycles. The van der Waals surface area contributed by atoms with E-state index < -0.39 is 6.10 Å². The van der Waals surface area contributed by atoms with Gasteiger partial charge in [-0.1, -0.05) is 11.6 Å². The molecular weight excluding hydrogens is 323 g/mol. The van der Waals surface area contributed by atoms with Crippen molar-refractivity contribution in [1.82, 2.24) is 10.2 Å². The highest BCUT2D eigenvalue weighted by Gasteiger charge is 2.39. The summed E-state index contributed by atoms with van der Waals surface area (Å²) >= 11 is 6.00. The third kappa shape index (κ3) is 3.50. The van der Waals surface area contributed by atoms with E-state index in [4.69, 9.17) is 16.3 Å². The molecule has 3 atom stereocenters. The van der Waals surface area contributed by atoms with E-state index in [1.807, 2.05) is 30.9 Å². The first-order valence-electron chi connectivity index (χ1n) is 7.47. The zero-order valence-corrected chi connectivity index (χ0v) is 14.4. The minimum atomic E-state index is -0.461. The van der Waals surface area contributed by atoms with Crippen LogP contribution in [0, 0.1) is 18.8 Å². The zero-order valence-electron chi connectivity index (χ0n) is 12.8. The Balaban J connectivity index is 0.00000176. The van der Waals surface area contributed by atoms with Gasteiger partial charge in [-0.3, -0.25) is 4.79 Å². The van der Waals surface area contributed by atoms with E-state index in [0.717, 1.165) is 31.7 Å². The minimum Gasteiger partial charge on any atom is -0.481 e. The van der Waals surface area contributed by atoms with Crippen LogP contribution in [0.4, 0.5) is 0 Å². The number of nitrogens with one attached hydrogen (secondary N) is 1. The number of rotatable bonds is 3. The lowest BCUT2D eigenvalue weighted by atomic mass is 10.0. The molecule has 2 aliphatic heterocycles. The molecule has 1 N–H and O–H groups in total. The first-order chi connectivity index (χ1) is 10.0. The molecule has 2 heterocycles. The van der Waals surface area contributed by atoms with Crippen LogP contribution >= 0.6 is 24.0 Å². The Labute approximate surface area is 142 Å². The Kier molecular flexibility index (Phi) is 5.59. The van der Waals surface area contributed by atoms with Gasteiger partial charge in [0.05, 0.1) is 0 Å². The summed E-state index contributed by atoms with van der Waals surface area (Å²) in [6.45, 7) is 7.50. The van der Waals surface area contributed by atoms with Gasteiger partial charge in [-0.15, -0.1) is 12.4 Å². The molecule has 2 aliphatic rings. The van der Waals surface area contributed by atoms with Crippen molar-refractivity contribution in [1.29, 1.82) is 0 Å². The van der Waals surface area contributed by atoms with Crippen molar-refractivity contribution in [3.63, 3.8) is 0 Å². The van der Waals surface area contributed by atoms with Gasteiger partial charge >= 0.3 is 0 Å². The van der Waals surface area contributed by atoms with Gasteiger partial charge in [0.15, 0.2) is 6.10 Å². The molecule has 0 aromatic heterocycles. The standard InChI is InChI=1S/C16H21ClN2O2.ClH/c1-10-5-14(3-4-15(10)17)21-11(2)16(20)19-8-12-6-18-7-13(12)9-19;/h3-5,11-13,18H,6-9H2,1-2H3;1H/t11?,12-,13+;. The Morgan fingerprint density at radius 3 is 2.59 bits per heavy atom. The van der Waals surface area contributed by atoms with Gasteiger partial charge < -0.3 is 15.0 Å². The number of halogens is 2. The molecule has 6 heteroatoms. The van der Waals surface area contributed by atoms with Crippen LogP contribution in [0.3, 0.4) is 0 Å². The van der Waals surface area contributed by atoms with Crippen molar-refractivity contribution in [3.05, 3.63) is 28.8 Å². The quantitative estimate of drug-likeness (QED) is 0.915. The number of ether oxygens (including phenoxy) is 1. The molecule has 1 aromatic rings. The fraction of sp³-hybridized carbons (Fsp3) is 0.562. The second kappa shape index (κ2) is 7.07. The third-order valence-corrected chi connectivity index (χ3v) is 4.92.